The Kier molecular flexibility index (Phi) is 4.85. The molecule has 0 aliphatic carbocycles. The van der Waals surface area contributed by atoms with Crippen LogP contribution in [-0.2, 0) is 4.74 Å². The second-order valence-electron chi connectivity index (χ2n) is 5.49. The average Bonchev–Trinajstić information content (AvgIpc) is 3.12. The molecule has 0 radical (unpaired) electrons. The first-order valence-electron chi connectivity index (χ1n) is 7.83. The van der Waals surface area contributed by atoms with Crippen molar-refractivity contribution in [3.05, 3.63) is 66.5 Å². The molecule has 1 unspecified atom stereocenters. The van der Waals surface area contributed by atoms with Gasteiger partial charge in [0.25, 0.3) is 5.91 Å². The minimum atomic E-state index is -0.306. The van der Waals surface area contributed by atoms with E-state index in [2.05, 4.69) is 15.0 Å². The number of nitrogens with zero attached hydrogens (tertiary/aromatic N) is 5. The van der Waals surface area contributed by atoms with Crippen LogP contribution in [0.15, 0.2) is 55.2 Å². The lowest BCUT2D eigenvalue weighted by Crippen LogP contribution is -2.27. The second kappa shape index (κ2) is 7.23. The van der Waals surface area contributed by atoms with Crippen LogP contribution in [-0.4, -0.2) is 39.6 Å². The molecular formula is C18H19N5O2. The van der Waals surface area contributed by atoms with Gasteiger partial charge in [0.2, 0.25) is 5.95 Å². The summed E-state index contributed by atoms with van der Waals surface area (Å²) in [6.07, 6.45) is 8.11. The van der Waals surface area contributed by atoms with Crippen LogP contribution in [0.1, 0.15) is 29.1 Å². The highest BCUT2D eigenvalue weighted by Crippen LogP contribution is 2.26. The van der Waals surface area contributed by atoms with Gasteiger partial charge >= 0.3 is 0 Å². The minimum absolute atomic E-state index is 0.151. The van der Waals surface area contributed by atoms with Crippen molar-refractivity contribution in [2.45, 2.75) is 13.0 Å². The molecule has 1 atom stereocenters. The van der Waals surface area contributed by atoms with Gasteiger partial charge in [-0.1, -0.05) is 0 Å². The van der Waals surface area contributed by atoms with E-state index in [1.165, 1.54) is 0 Å². The van der Waals surface area contributed by atoms with Crippen molar-refractivity contribution >= 4 is 11.6 Å². The van der Waals surface area contributed by atoms with Gasteiger partial charge in [0.15, 0.2) is 0 Å². The van der Waals surface area contributed by atoms with Crippen LogP contribution in [0, 0.1) is 0 Å². The number of ether oxygens (including phenoxy) is 1. The summed E-state index contributed by atoms with van der Waals surface area (Å²) in [4.78, 5) is 27.2. The Morgan fingerprint density at radius 3 is 2.60 bits per heavy atom. The highest BCUT2D eigenvalue weighted by atomic mass is 16.5. The first-order valence-corrected chi connectivity index (χ1v) is 7.83. The number of hydrogen-bond donors (Lipinski definition) is 0. The van der Waals surface area contributed by atoms with Crippen molar-refractivity contribution in [3.8, 4) is 5.95 Å². The van der Waals surface area contributed by atoms with E-state index >= 15 is 0 Å². The lowest BCUT2D eigenvalue weighted by Gasteiger charge is -2.20. The molecule has 1 amide bonds. The molecule has 3 rings (SSSR count). The van der Waals surface area contributed by atoms with Crippen LogP contribution in [0.4, 0.5) is 5.69 Å². The zero-order valence-corrected chi connectivity index (χ0v) is 14.3. The van der Waals surface area contributed by atoms with E-state index in [9.17, 15) is 4.79 Å². The fraction of sp³-hybridized carbons (Fsp3) is 0.222. The fourth-order valence-electron chi connectivity index (χ4n) is 2.59. The van der Waals surface area contributed by atoms with Crippen LogP contribution >= 0.6 is 0 Å². The maximum atomic E-state index is 13.0. The topological polar surface area (TPSA) is 73.1 Å². The van der Waals surface area contributed by atoms with Crippen molar-refractivity contribution in [3.63, 3.8) is 0 Å². The first kappa shape index (κ1) is 16.8. The van der Waals surface area contributed by atoms with Crippen molar-refractivity contribution in [1.82, 2.24) is 19.5 Å². The normalized spacial score (nSPS) is 12.0. The van der Waals surface area contributed by atoms with Gasteiger partial charge in [0, 0.05) is 38.9 Å². The predicted molar refractivity (Wildman–Crippen MR) is 93.8 cm³/mol. The summed E-state index contributed by atoms with van der Waals surface area (Å²) in [7, 11) is 3.32. The summed E-state index contributed by atoms with van der Waals surface area (Å²) in [6, 6.07) is 7.13. The molecule has 3 aromatic heterocycles. The lowest BCUT2D eigenvalue weighted by atomic mass is 10.1. The maximum absolute atomic E-state index is 13.0. The molecule has 0 saturated heterocycles. The Morgan fingerprint density at radius 1 is 1.20 bits per heavy atom. The molecule has 0 spiro atoms. The van der Waals surface area contributed by atoms with Gasteiger partial charge in [-0.15, -0.1) is 0 Å². The number of hydrogen-bond acceptors (Lipinski definition) is 5. The van der Waals surface area contributed by atoms with E-state index in [0.717, 1.165) is 0 Å². The quantitative estimate of drug-likeness (QED) is 0.715. The summed E-state index contributed by atoms with van der Waals surface area (Å²) >= 11 is 0. The fourth-order valence-corrected chi connectivity index (χ4v) is 2.59. The van der Waals surface area contributed by atoms with Gasteiger partial charge in [0.1, 0.15) is 0 Å². The Balaban J connectivity index is 2.04. The number of pyridine rings is 1. The third-order valence-corrected chi connectivity index (χ3v) is 4.00. The number of carbonyl (C=O) groups excluding carboxylic acids is 1. The molecule has 128 valence electrons. The van der Waals surface area contributed by atoms with E-state index < -0.39 is 0 Å². The third-order valence-electron chi connectivity index (χ3n) is 4.00. The van der Waals surface area contributed by atoms with Gasteiger partial charge < -0.3 is 9.64 Å². The Hall–Kier alpha value is -3.06. The van der Waals surface area contributed by atoms with E-state index in [1.807, 2.05) is 13.0 Å². The third kappa shape index (κ3) is 3.27. The standard InChI is InChI=1S/C18H19N5O2/c1-13(25-3)16-15(7-11-23(16)18-20-9-5-10-21-18)17(24)22(2)14-6-4-8-19-12-14/h4-13H,1-3H3. The van der Waals surface area contributed by atoms with Crippen molar-refractivity contribution in [2.75, 3.05) is 19.1 Å². The Labute approximate surface area is 145 Å². The highest BCUT2D eigenvalue weighted by Gasteiger charge is 2.25. The van der Waals surface area contributed by atoms with E-state index in [0.29, 0.717) is 22.9 Å². The summed E-state index contributed by atoms with van der Waals surface area (Å²) in [5.74, 6) is 0.339. The number of aromatic nitrogens is 4. The van der Waals surface area contributed by atoms with Crippen LogP contribution < -0.4 is 4.90 Å². The van der Waals surface area contributed by atoms with Gasteiger partial charge in [0.05, 0.1) is 29.2 Å². The zero-order chi connectivity index (χ0) is 17.8. The van der Waals surface area contributed by atoms with Crippen LogP contribution in [0.2, 0.25) is 0 Å². The molecular weight excluding hydrogens is 318 g/mol. The molecule has 0 aromatic carbocycles. The molecule has 3 heterocycles. The Morgan fingerprint density at radius 2 is 1.96 bits per heavy atom. The molecule has 25 heavy (non-hydrogen) atoms. The summed E-state index contributed by atoms with van der Waals surface area (Å²) in [5.41, 5.74) is 1.95. The lowest BCUT2D eigenvalue weighted by molar-refractivity contribution is 0.0963. The first-order chi connectivity index (χ1) is 12.1. The molecule has 0 aliphatic heterocycles. The van der Waals surface area contributed by atoms with Crippen molar-refractivity contribution in [1.29, 1.82) is 0 Å². The highest BCUT2D eigenvalue weighted by molar-refractivity contribution is 6.06. The van der Waals surface area contributed by atoms with Crippen LogP contribution in [0.5, 0.6) is 0 Å². The Bertz CT molecular complexity index is 848. The smallest absolute Gasteiger partial charge is 0.260 e. The number of amides is 1. The monoisotopic (exact) mass is 337 g/mol. The van der Waals surface area contributed by atoms with E-state index in [1.54, 1.807) is 72.8 Å². The minimum Gasteiger partial charge on any atom is -0.375 e. The largest absolute Gasteiger partial charge is 0.375 e. The van der Waals surface area contributed by atoms with Gasteiger partial charge in [-0.25, -0.2) is 9.97 Å². The van der Waals surface area contributed by atoms with Crippen LogP contribution in [0.3, 0.4) is 0 Å². The van der Waals surface area contributed by atoms with Crippen LogP contribution in [0.25, 0.3) is 5.95 Å². The summed E-state index contributed by atoms with van der Waals surface area (Å²) in [6.45, 7) is 1.88. The SMILES string of the molecule is COC(C)c1c(C(=O)N(C)c2cccnc2)ccn1-c1ncccn1. The van der Waals surface area contributed by atoms with E-state index in [-0.39, 0.29) is 12.0 Å². The number of rotatable bonds is 5. The maximum Gasteiger partial charge on any atom is 0.260 e. The molecule has 7 heteroatoms. The summed E-state index contributed by atoms with van der Waals surface area (Å²) in [5, 5.41) is 0. The number of anilines is 1. The number of carbonyl (C=O) groups is 1. The van der Waals surface area contributed by atoms with Crippen molar-refractivity contribution in [2.24, 2.45) is 0 Å². The number of methoxy groups -OCH3 is 1. The second-order valence-corrected chi connectivity index (χ2v) is 5.49. The molecule has 7 nitrogen and oxygen atoms in total. The molecule has 0 saturated carbocycles. The van der Waals surface area contributed by atoms with Gasteiger partial charge in [-0.05, 0) is 31.2 Å². The molecule has 0 fully saturated rings. The average molecular weight is 337 g/mol. The summed E-state index contributed by atoms with van der Waals surface area (Å²) < 4.78 is 7.25. The zero-order valence-electron chi connectivity index (χ0n) is 14.3. The molecule has 3 aromatic rings. The molecule has 0 bridgehead atoms. The van der Waals surface area contributed by atoms with Crippen molar-refractivity contribution < 1.29 is 9.53 Å². The predicted octanol–water partition coefficient (Wildman–Crippen LogP) is 2.65. The van der Waals surface area contributed by atoms with E-state index in [4.69, 9.17) is 4.74 Å². The van der Waals surface area contributed by atoms with Gasteiger partial charge in [-0.2, -0.15) is 0 Å². The van der Waals surface area contributed by atoms with Gasteiger partial charge in [-0.3, -0.25) is 14.3 Å². The molecule has 0 N–H and O–H groups in total. The molecule has 0 aliphatic rings.